The Hall–Kier alpha value is -2.07. The average molecular weight is 273 g/mol. The molecule has 0 unspecified atom stereocenters. The highest BCUT2D eigenvalue weighted by molar-refractivity contribution is 5.94. The third-order valence-corrected chi connectivity index (χ3v) is 3.60. The van der Waals surface area contributed by atoms with Gasteiger partial charge in [-0.3, -0.25) is 9.78 Å². The van der Waals surface area contributed by atoms with Gasteiger partial charge in [0.2, 0.25) is 0 Å². The number of carbonyl (C=O) groups is 1. The molecule has 1 aliphatic rings. The normalized spacial score (nSPS) is 16.6. The molecule has 20 heavy (non-hydrogen) atoms. The second-order valence-electron chi connectivity index (χ2n) is 5.11. The lowest BCUT2D eigenvalue weighted by Crippen LogP contribution is -2.35. The van der Waals surface area contributed by atoms with E-state index in [-0.39, 0.29) is 17.8 Å². The predicted molar refractivity (Wildman–Crippen MR) is 76.6 cm³/mol. The standard InChI is InChI=1S/C14H19N5O/c15-19-18-13-9-8-11(10-16-13)14(20)17-12-6-4-2-1-3-5-7-12/h8-10,12H,1-7H2,(H,17,20). The van der Waals surface area contributed by atoms with Gasteiger partial charge in [0.1, 0.15) is 5.82 Å². The molecule has 0 radical (unpaired) electrons. The Morgan fingerprint density at radius 3 is 2.55 bits per heavy atom. The molecule has 1 saturated carbocycles. The van der Waals surface area contributed by atoms with E-state index in [0.717, 1.165) is 12.8 Å². The van der Waals surface area contributed by atoms with Crippen molar-refractivity contribution >= 4 is 11.7 Å². The van der Waals surface area contributed by atoms with E-state index in [4.69, 9.17) is 5.53 Å². The van der Waals surface area contributed by atoms with Crippen molar-refractivity contribution in [1.82, 2.24) is 10.3 Å². The van der Waals surface area contributed by atoms with Crippen LogP contribution < -0.4 is 5.32 Å². The summed E-state index contributed by atoms with van der Waals surface area (Å²) in [4.78, 5) is 18.7. The van der Waals surface area contributed by atoms with Gasteiger partial charge in [-0.2, -0.15) is 0 Å². The molecule has 1 heterocycles. The van der Waals surface area contributed by atoms with Crippen LogP contribution in [0, 0.1) is 0 Å². The first kappa shape index (κ1) is 14.3. The largest absolute Gasteiger partial charge is 0.349 e. The molecule has 0 aliphatic heterocycles. The molecule has 1 fully saturated rings. The molecular formula is C14H19N5O. The lowest BCUT2D eigenvalue weighted by Gasteiger charge is -2.20. The molecule has 1 aromatic rings. The van der Waals surface area contributed by atoms with Crippen LogP contribution in [0.2, 0.25) is 0 Å². The highest BCUT2D eigenvalue weighted by Crippen LogP contribution is 2.17. The molecule has 2 rings (SSSR count). The van der Waals surface area contributed by atoms with Crippen LogP contribution in [0.1, 0.15) is 55.3 Å². The lowest BCUT2D eigenvalue weighted by molar-refractivity contribution is 0.0930. The van der Waals surface area contributed by atoms with Gasteiger partial charge in [-0.1, -0.05) is 32.1 Å². The second kappa shape index (κ2) is 7.50. The summed E-state index contributed by atoms with van der Waals surface area (Å²) in [6.07, 6.45) is 9.74. The van der Waals surface area contributed by atoms with Crippen molar-refractivity contribution in [3.63, 3.8) is 0 Å². The van der Waals surface area contributed by atoms with Crippen LogP contribution >= 0.6 is 0 Å². The zero-order valence-electron chi connectivity index (χ0n) is 11.5. The van der Waals surface area contributed by atoms with E-state index in [0.29, 0.717) is 5.56 Å². The molecule has 1 aliphatic carbocycles. The summed E-state index contributed by atoms with van der Waals surface area (Å²) in [5.74, 6) is 0.172. The average Bonchev–Trinajstić information content (AvgIpc) is 2.43. The first-order valence-corrected chi connectivity index (χ1v) is 7.11. The maximum Gasteiger partial charge on any atom is 0.253 e. The van der Waals surface area contributed by atoms with Crippen molar-refractivity contribution in [3.8, 4) is 0 Å². The van der Waals surface area contributed by atoms with Gasteiger partial charge in [0, 0.05) is 17.2 Å². The summed E-state index contributed by atoms with van der Waals surface area (Å²) in [6, 6.07) is 3.45. The van der Waals surface area contributed by atoms with E-state index in [9.17, 15) is 4.79 Å². The topological polar surface area (TPSA) is 90.8 Å². The van der Waals surface area contributed by atoms with Crippen LogP contribution in [0.5, 0.6) is 0 Å². The quantitative estimate of drug-likeness (QED) is 0.514. The first-order valence-electron chi connectivity index (χ1n) is 7.11. The molecule has 6 nitrogen and oxygen atoms in total. The minimum absolute atomic E-state index is 0.101. The monoisotopic (exact) mass is 273 g/mol. The molecule has 1 N–H and O–H groups in total. The molecule has 0 aromatic carbocycles. The molecule has 0 atom stereocenters. The van der Waals surface area contributed by atoms with Crippen molar-refractivity contribution in [1.29, 1.82) is 0 Å². The number of nitrogens with zero attached hydrogens (tertiary/aromatic N) is 4. The lowest BCUT2D eigenvalue weighted by atomic mass is 9.96. The van der Waals surface area contributed by atoms with Crippen molar-refractivity contribution in [2.24, 2.45) is 5.11 Å². The second-order valence-corrected chi connectivity index (χ2v) is 5.11. The van der Waals surface area contributed by atoms with E-state index in [1.165, 1.54) is 38.3 Å². The van der Waals surface area contributed by atoms with Crippen molar-refractivity contribution in [2.75, 3.05) is 0 Å². The highest BCUT2D eigenvalue weighted by atomic mass is 16.1. The Kier molecular flexibility index (Phi) is 5.38. The van der Waals surface area contributed by atoms with Crippen LogP contribution in [0.3, 0.4) is 0 Å². The highest BCUT2D eigenvalue weighted by Gasteiger charge is 2.15. The fourth-order valence-electron chi connectivity index (χ4n) is 2.49. The molecule has 106 valence electrons. The van der Waals surface area contributed by atoms with Gasteiger partial charge in [0.25, 0.3) is 5.91 Å². The fraction of sp³-hybridized carbons (Fsp3) is 0.571. The molecular weight excluding hydrogens is 254 g/mol. The van der Waals surface area contributed by atoms with Gasteiger partial charge in [-0.05, 0) is 35.6 Å². The molecule has 6 heteroatoms. The van der Waals surface area contributed by atoms with Crippen molar-refractivity contribution in [2.45, 2.75) is 51.0 Å². The van der Waals surface area contributed by atoms with Gasteiger partial charge in [-0.15, -0.1) is 0 Å². The molecule has 0 spiro atoms. The van der Waals surface area contributed by atoms with Crippen LogP contribution in [-0.2, 0) is 0 Å². The summed E-state index contributed by atoms with van der Waals surface area (Å²) in [5.41, 5.74) is 8.81. The van der Waals surface area contributed by atoms with E-state index in [2.05, 4.69) is 20.3 Å². The number of amides is 1. The zero-order chi connectivity index (χ0) is 14.2. The van der Waals surface area contributed by atoms with E-state index < -0.39 is 0 Å². The third kappa shape index (κ3) is 4.24. The zero-order valence-corrected chi connectivity index (χ0v) is 11.5. The Labute approximate surface area is 118 Å². The number of hydrogen-bond donors (Lipinski definition) is 1. The number of hydrogen-bond acceptors (Lipinski definition) is 3. The van der Waals surface area contributed by atoms with Crippen LogP contribution in [0.15, 0.2) is 23.4 Å². The number of carbonyl (C=O) groups excluding carboxylic acids is 1. The Bertz CT molecular complexity index is 485. The minimum atomic E-state index is -0.101. The maximum absolute atomic E-state index is 12.1. The Morgan fingerprint density at radius 1 is 1.25 bits per heavy atom. The smallest absolute Gasteiger partial charge is 0.253 e. The number of nitrogens with one attached hydrogen (secondary N) is 1. The molecule has 1 aromatic heterocycles. The summed E-state index contributed by atoms with van der Waals surface area (Å²) in [7, 11) is 0. The number of pyridine rings is 1. The Balaban J connectivity index is 1.94. The van der Waals surface area contributed by atoms with Gasteiger partial charge in [0.05, 0.1) is 5.56 Å². The van der Waals surface area contributed by atoms with Crippen molar-refractivity contribution < 1.29 is 4.79 Å². The molecule has 0 saturated heterocycles. The van der Waals surface area contributed by atoms with Gasteiger partial charge < -0.3 is 5.32 Å². The van der Waals surface area contributed by atoms with Gasteiger partial charge >= 0.3 is 0 Å². The van der Waals surface area contributed by atoms with Crippen LogP contribution in [0.4, 0.5) is 5.82 Å². The van der Waals surface area contributed by atoms with Gasteiger partial charge in [-0.25, -0.2) is 0 Å². The van der Waals surface area contributed by atoms with Crippen LogP contribution in [0.25, 0.3) is 10.4 Å². The molecule has 0 bridgehead atoms. The maximum atomic E-state index is 12.1. The third-order valence-electron chi connectivity index (χ3n) is 3.60. The summed E-state index contributed by atoms with van der Waals surface area (Å²) in [6.45, 7) is 0. The number of rotatable bonds is 3. The minimum Gasteiger partial charge on any atom is -0.349 e. The van der Waals surface area contributed by atoms with E-state index in [1.807, 2.05) is 0 Å². The predicted octanol–water partition coefficient (Wildman–Crippen LogP) is 3.87. The summed E-state index contributed by atoms with van der Waals surface area (Å²) < 4.78 is 0. The SMILES string of the molecule is [N-]=[N+]=Nc1ccc(C(=O)NC2CCCCCCC2)cn1. The van der Waals surface area contributed by atoms with Gasteiger partial charge in [0.15, 0.2) is 0 Å². The first-order chi connectivity index (χ1) is 9.79. The van der Waals surface area contributed by atoms with E-state index in [1.54, 1.807) is 12.1 Å². The van der Waals surface area contributed by atoms with Crippen molar-refractivity contribution in [3.05, 3.63) is 34.3 Å². The van der Waals surface area contributed by atoms with Crippen LogP contribution in [-0.4, -0.2) is 16.9 Å². The summed E-state index contributed by atoms with van der Waals surface area (Å²) >= 11 is 0. The van der Waals surface area contributed by atoms with E-state index >= 15 is 0 Å². The molecule has 1 amide bonds. The Morgan fingerprint density at radius 2 is 1.95 bits per heavy atom. The summed E-state index contributed by atoms with van der Waals surface area (Å²) in [5, 5.41) is 6.46. The number of azide groups is 1. The number of aromatic nitrogens is 1. The fourth-order valence-corrected chi connectivity index (χ4v) is 2.49.